The summed E-state index contributed by atoms with van der Waals surface area (Å²) in [5, 5.41) is 0. The van der Waals surface area contributed by atoms with E-state index in [-0.39, 0.29) is 12.5 Å². The molecule has 104 valence electrons. The van der Waals surface area contributed by atoms with Crippen molar-refractivity contribution < 1.29 is 9.53 Å². The Labute approximate surface area is 114 Å². The molecule has 0 atom stereocenters. The summed E-state index contributed by atoms with van der Waals surface area (Å²) < 4.78 is 5.25. The molecule has 2 N–H and O–H groups in total. The third-order valence-corrected chi connectivity index (χ3v) is 3.23. The Morgan fingerprint density at radius 2 is 2.26 bits per heavy atom. The zero-order chi connectivity index (χ0) is 13.7. The molecule has 1 aromatic carbocycles. The van der Waals surface area contributed by atoms with Gasteiger partial charge in [-0.3, -0.25) is 4.79 Å². The van der Waals surface area contributed by atoms with E-state index in [4.69, 9.17) is 10.5 Å². The van der Waals surface area contributed by atoms with Gasteiger partial charge in [-0.05, 0) is 25.3 Å². The lowest BCUT2D eigenvalue weighted by molar-refractivity contribution is -0.137. The fourth-order valence-corrected chi connectivity index (χ4v) is 2.14. The van der Waals surface area contributed by atoms with Crippen LogP contribution >= 0.6 is 0 Å². The molecule has 1 saturated carbocycles. The van der Waals surface area contributed by atoms with Gasteiger partial charge in [0.25, 0.3) is 0 Å². The molecule has 0 aromatic heterocycles. The van der Waals surface area contributed by atoms with Gasteiger partial charge in [-0.1, -0.05) is 29.8 Å². The predicted octanol–water partition coefficient (Wildman–Crippen LogP) is 1.46. The molecule has 19 heavy (non-hydrogen) atoms. The van der Waals surface area contributed by atoms with Gasteiger partial charge in [0.15, 0.2) is 0 Å². The van der Waals surface area contributed by atoms with E-state index in [1.54, 1.807) is 0 Å². The highest BCUT2D eigenvalue weighted by Crippen LogP contribution is 2.28. The first-order chi connectivity index (χ1) is 9.20. The van der Waals surface area contributed by atoms with Gasteiger partial charge in [0.1, 0.15) is 6.61 Å². The molecule has 1 aliphatic carbocycles. The number of hydrogen-bond donors (Lipinski definition) is 1. The Morgan fingerprint density at radius 1 is 1.47 bits per heavy atom. The first-order valence-electron chi connectivity index (χ1n) is 6.83. The molecule has 0 saturated heterocycles. The average Bonchev–Trinajstić information content (AvgIpc) is 3.20. The van der Waals surface area contributed by atoms with Gasteiger partial charge in [0, 0.05) is 19.1 Å². The average molecular weight is 262 g/mol. The van der Waals surface area contributed by atoms with E-state index in [0.717, 1.165) is 12.8 Å². The summed E-state index contributed by atoms with van der Waals surface area (Å²) in [5.74, 6) is 0.0671. The van der Waals surface area contributed by atoms with Crippen LogP contribution in [0, 0.1) is 6.92 Å². The van der Waals surface area contributed by atoms with Crippen molar-refractivity contribution >= 4 is 5.91 Å². The number of nitrogens with two attached hydrogens (primary N) is 1. The fourth-order valence-electron chi connectivity index (χ4n) is 2.14. The summed E-state index contributed by atoms with van der Waals surface area (Å²) in [6.07, 6.45) is 2.21. The highest BCUT2D eigenvalue weighted by molar-refractivity contribution is 5.78. The van der Waals surface area contributed by atoms with Crippen LogP contribution in [0.25, 0.3) is 0 Å². The number of carbonyl (C=O) groups excluding carboxylic acids is 1. The predicted molar refractivity (Wildman–Crippen MR) is 74.6 cm³/mol. The quantitative estimate of drug-likeness (QED) is 0.757. The van der Waals surface area contributed by atoms with Crippen molar-refractivity contribution in [3.8, 4) is 0 Å². The molecule has 0 unspecified atom stereocenters. The van der Waals surface area contributed by atoms with Gasteiger partial charge in [-0.15, -0.1) is 0 Å². The number of aryl methyl sites for hydroxylation is 1. The Morgan fingerprint density at radius 3 is 2.89 bits per heavy atom. The van der Waals surface area contributed by atoms with Crippen molar-refractivity contribution in [1.82, 2.24) is 4.90 Å². The molecule has 0 heterocycles. The van der Waals surface area contributed by atoms with Crippen LogP contribution in [-0.4, -0.2) is 36.6 Å². The van der Waals surface area contributed by atoms with Gasteiger partial charge >= 0.3 is 0 Å². The molecule has 1 aliphatic rings. The lowest BCUT2D eigenvalue weighted by atomic mass is 10.1. The standard InChI is InChI=1S/C15H22N2O2/c1-12-3-2-4-13(9-12)10-17(14-5-6-14)15(18)11-19-8-7-16/h2-4,9,14H,5-8,10-11,16H2,1H3. The second-order valence-corrected chi connectivity index (χ2v) is 5.08. The maximum Gasteiger partial charge on any atom is 0.249 e. The number of amides is 1. The van der Waals surface area contributed by atoms with E-state index in [1.165, 1.54) is 11.1 Å². The van der Waals surface area contributed by atoms with Crippen molar-refractivity contribution in [2.24, 2.45) is 5.73 Å². The van der Waals surface area contributed by atoms with Crippen molar-refractivity contribution in [3.05, 3.63) is 35.4 Å². The molecule has 2 rings (SSSR count). The number of carbonyl (C=O) groups is 1. The molecule has 0 spiro atoms. The summed E-state index contributed by atoms with van der Waals surface area (Å²) in [6, 6.07) is 8.69. The molecular formula is C15H22N2O2. The number of nitrogens with zero attached hydrogens (tertiary/aromatic N) is 1. The Hall–Kier alpha value is -1.39. The second-order valence-electron chi connectivity index (χ2n) is 5.08. The summed E-state index contributed by atoms with van der Waals surface area (Å²) in [6.45, 7) is 3.77. The van der Waals surface area contributed by atoms with E-state index in [2.05, 4.69) is 25.1 Å². The van der Waals surface area contributed by atoms with Crippen LogP contribution in [0.5, 0.6) is 0 Å². The highest BCUT2D eigenvalue weighted by Gasteiger charge is 2.32. The first-order valence-corrected chi connectivity index (χ1v) is 6.83. The molecule has 4 heteroatoms. The van der Waals surface area contributed by atoms with E-state index in [0.29, 0.717) is 25.7 Å². The molecule has 4 nitrogen and oxygen atoms in total. The number of hydrogen-bond acceptors (Lipinski definition) is 3. The molecule has 1 fully saturated rings. The van der Waals surface area contributed by atoms with Gasteiger partial charge in [-0.2, -0.15) is 0 Å². The Bertz CT molecular complexity index is 430. The molecule has 0 radical (unpaired) electrons. The van der Waals surface area contributed by atoms with Crippen LogP contribution in [0.1, 0.15) is 24.0 Å². The van der Waals surface area contributed by atoms with Crippen LogP contribution in [0.4, 0.5) is 0 Å². The highest BCUT2D eigenvalue weighted by atomic mass is 16.5. The van der Waals surface area contributed by atoms with Crippen molar-refractivity contribution in [1.29, 1.82) is 0 Å². The van der Waals surface area contributed by atoms with Crippen LogP contribution in [0.15, 0.2) is 24.3 Å². The van der Waals surface area contributed by atoms with Gasteiger partial charge in [0.2, 0.25) is 5.91 Å². The Kier molecular flexibility index (Phi) is 4.93. The van der Waals surface area contributed by atoms with Crippen LogP contribution in [0.2, 0.25) is 0 Å². The van der Waals surface area contributed by atoms with Crippen molar-refractivity contribution in [3.63, 3.8) is 0 Å². The normalized spacial score (nSPS) is 14.4. The largest absolute Gasteiger partial charge is 0.370 e. The molecule has 1 aromatic rings. The maximum absolute atomic E-state index is 12.1. The topological polar surface area (TPSA) is 55.6 Å². The van der Waals surface area contributed by atoms with E-state index >= 15 is 0 Å². The first kappa shape index (κ1) is 14.0. The molecular weight excluding hydrogens is 240 g/mol. The van der Waals surface area contributed by atoms with Crippen molar-refractivity contribution in [2.75, 3.05) is 19.8 Å². The zero-order valence-corrected chi connectivity index (χ0v) is 11.5. The third-order valence-electron chi connectivity index (χ3n) is 3.23. The fraction of sp³-hybridized carbons (Fsp3) is 0.533. The lowest BCUT2D eigenvalue weighted by Crippen LogP contribution is -2.35. The molecule has 0 bridgehead atoms. The molecule has 0 aliphatic heterocycles. The minimum absolute atomic E-state index is 0.0671. The SMILES string of the molecule is Cc1cccc(CN(C(=O)COCCN)C2CC2)c1. The van der Waals surface area contributed by atoms with Gasteiger partial charge < -0.3 is 15.4 Å². The van der Waals surface area contributed by atoms with Crippen molar-refractivity contribution in [2.45, 2.75) is 32.4 Å². The van der Waals surface area contributed by atoms with Crippen LogP contribution < -0.4 is 5.73 Å². The summed E-state index contributed by atoms with van der Waals surface area (Å²) in [4.78, 5) is 14.1. The minimum Gasteiger partial charge on any atom is -0.370 e. The number of ether oxygens (including phenoxy) is 1. The van der Waals surface area contributed by atoms with Crippen LogP contribution in [-0.2, 0) is 16.1 Å². The van der Waals surface area contributed by atoms with E-state index in [1.807, 2.05) is 11.0 Å². The third kappa shape index (κ3) is 4.33. The summed E-state index contributed by atoms with van der Waals surface area (Å²) in [5.41, 5.74) is 7.76. The smallest absolute Gasteiger partial charge is 0.249 e. The zero-order valence-electron chi connectivity index (χ0n) is 11.5. The lowest BCUT2D eigenvalue weighted by Gasteiger charge is -2.22. The van der Waals surface area contributed by atoms with Gasteiger partial charge in [-0.25, -0.2) is 0 Å². The minimum atomic E-state index is 0.0671. The number of benzene rings is 1. The van der Waals surface area contributed by atoms with Crippen LogP contribution in [0.3, 0.4) is 0 Å². The maximum atomic E-state index is 12.1. The monoisotopic (exact) mass is 262 g/mol. The molecule has 1 amide bonds. The number of rotatable bonds is 7. The summed E-state index contributed by atoms with van der Waals surface area (Å²) >= 11 is 0. The Balaban J connectivity index is 1.94. The van der Waals surface area contributed by atoms with Gasteiger partial charge in [0.05, 0.1) is 6.61 Å². The second kappa shape index (κ2) is 6.68. The van der Waals surface area contributed by atoms with E-state index in [9.17, 15) is 4.79 Å². The summed E-state index contributed by atoms with van der Waals surface area (Å²) in [7, 11) is 0. The van der Waals surface area contributed by atoms with E-state index < -0.39 is 0 Å².